The molecular formula is C20H26O6S. The van der Waals surface area contributed by atoms with Crippen molar-refractivity contribution >= 4 is 17.3 Å². The molecule has 148 valence electrons. The monoisotopic (exact) mass is 394 g/mol. The van der Waals surface area contributed by atoms with Gasteiger partial charge in [0.15, 0.2) is 11.9 Å². The van der Waals surface area contributed by atoms with E-state index in [9.17, 15) is 4.79 Å². The molecule has 4 saturated heterocycles. The first-order valence-corrected chi connectivity index (χ1v) is 10.7. The van der Waals surface area contributed by atoms with Gasteiger partial charge in [0.1, 0.15) is 17.1 Å². The molecule has 0 aromatic carbocycles. The fraction of sp³-hybridized carbons (Fsp3) is 0.750. The molecule has 1 aromatic heterocycles. The van der Waals surface area contributed by atoms with Crippen molar-refractivity contribution in [1.82, 2.24) is 0 Å². The molecule has 5 aliphatic rings. The maximum absolute atomic E-state index is 12.4. The molecule has 1 unspecified atom stereocenters. The van der Waals surface area contributed by atoms with E-state index in [1.165, 1.54) is 11.3 Å². The Hall–Kier alpha value is -0.990. The molecule has 5 heterocycles. The van der Waals surface area contributed by atoms with Gasteiger partial charge in [-0.05, 0) is 56.4 Å². The van der Waals surface area contributed by atoms with Crippen LogP contribution in [0.25, 0.3) is 0 Å². The van der Waals surface area contributed by atoms with Crippen molar-refractivity contribution in [2.45, 2.75) is 69.7 Å². The number of hydrogen-bond acceptors (Lipinski definition) is 7. The lowest BCUT2D eigenvalue weighted by atomic mass is 9.60. The van der Waals surface area contributed by atoms with E-state index >= 15 is 0 Å². The summed E-state index contributed by atoms with van der Waals surface area (Å²) in [6.07, 6.45) is 3.31. The highest BCUT2D eigenvalue weighted by Gasteiger charge is 2.74. The quantitative estimate of drug-likeness (QED) is 0.572. The number of carbonyl (C=O) groups is 1. The van der Waals surface area contributed by atoms with Crippen molar-refractivity contribution in [2.24, 2.45) is 17.8 Å². The van der Waals surface area contributed by atoms with Gasteiger partial charge in [-0.15, -0.1) is 11.3 Å². The Labute approximate surface area is 163 Å². The van der Waals surface area contributed by atoms with E-state index in [0.29, 0.717) is 16.7 Å². The molecule has 7 atom stereocenters. The smallest absolute Gasteiger partial charge is 0.348 e. The fourth-order valence-corrected chi connectivity index (χ4v) is 6.24. The second-order valence-electron chi connectivity index (χ2n) is 8.84. The van der Waals surface area contributed by atoms with Gasteiger partial charge in [0, 0.05) is 12.3 Å². The molecule has 27 heavy (non-hydrogen) atoms. The van der Waals surface area contributed by atoms with Crippen LogP contribution in [0.15, 0.2) is 17.5 Å². The third-order valence-electron chi connectivity index (χ3n) is 7.04. The SMILES string of the molecule is C[C@@H]1CC[C@H]2C(C)(COC(=O)c3cccs3)O[C@@H]3O[C@]4(C)CC[C@@H]1[C@]32OO4. The van der Waals surface area contributed by atoms with Crippen LogP contribution in [-0.4, -0.2) is 35.9 Å². The zero-order valence-corrected chi connectivity index (χ0v) is 16.8. The van der Waals surface area contributed by atoms with E-state index in [2.05, 4.69) is 6.92 Å². The predicted octanol–water partition coefficient (Wildman–Crippen LogP) is 3.91. The highest BCUT2D eigenvalue weighted by molar-refractivity contribution is 7.11. The van der Waals surface area contributed by atoms with Crippen molar-refractivity contribution in [3.05, 3.63) is 22.4 Å². The summed E-state index contributed by atoms with van der Waals surface area (Å²) < 4.78 is 18.4. The number of rotatable bonds is 3. The highest BCUT2D eigenvalue weighted by Crippen LogP contribution is 2.63. The lowest BCUT2D eigenvalue weighted by Crippen LogP contribution is -2.62. The second-order valence-corrected chi connectivity index (χ2v) is 9.79. The van der Waals surface area contributed by atoms with E-state index in [4.69, 9.17) is 24.0 Å². The number of thiophene rings is 1. The van der Waals surface area contributed by atoms with Crippen LogP contribution in [0.3, 0.4) is 0 Å². The molecule has 1 aromatic rings. The molecule has 0 radical (unpaired) electrons. The number of hydrogen-bond donors (Lipinski definition) is 0. The van der Waals surface area contributed by atoms with Crippen LogP contribution in [0.1, 0.15) is 56.1 Å². The fourth-order valence-electron chi connectivity index (χ4n) is 5.62. The van der Waals surface area contributed by atoms with Crippen LogP contribution >= 0.6 is 11.3 Å². The average Bonchev–Trinajstić information content (AvgIpc) is 3.17. The summed E-state index contributed by atoms with van der Waals surface area (Å²) in [4.78, 5) is 24.8. The predicted molar refractivity (Wildman–Crippen MR) is 96.9 cm³/mol. The van der Waals surface area contributed by atoms with E-state index in [1.54, 1.807) is 6.07 Å². The van der Waals surface area contributed by atoms with Crippen LogP contribution < -0.4 is 0 Å². The topological polar surface area (TPSA) is 63.2 Å². The van der Waals surface area contributed by atoms with Gasteiger partial charge in [0.25, 0.3) is 0 Å². The first-order valence-electron chi connectivity index (χ1n) is 9.79. The van der Waals surface area contributed by atoms with Crippen molar-refractivity contribution < 1.29 is 28.8 Å². The molecule has 5 fully saturated rings. The Morgan fingerprint density at radius 2 is 2.11 bits per heavy atom. The summed E-state index contributed by atoms with van der Waals surface area (Å²) in [6, 6.07) is 3.62. The Kier molecular flexibility index (Phi) is 4.02. The lowest BCUT2D eigenvalue weighted by molar-refractivity contribution is -0.541. The zero-order chi connectivity index (χ0) is 18.9. The van der Waals surface area contributed by atoms with Gasteiger partial charge in [0.05, 0.1) is 0 Å². The molecule has 0 N–H and O–H groups in total. The summed E-state index contributed by atoms with van der Waals surface area (Å²) in [5.74, 6) is -0.225. The highest BCUT2D eigenvalue weighted by atomic mass is 32.1. The Morgan fingerprint density at radius 1 is 1.26 bits per heavy atom. The van der Waals surface area contributed by atoms with Crippen LogP contribution in [0.5, 0.6) is 0 Å². The largest absolute Gasteiger partial charge is 0.458 e. The molecule has 1 aliphatic carbocycles. The van der Waals surface area contributed by atoms with E-state index < -0.39 is 23.3 Å². The van der Waals surface area contributed by atoms with Crippen LogP contribution in [0.2, 0.25) is 0 Å². The number of carbonyl (C=O) groups excluding carboxylic acids is 1. The van der Waals surface area contributed by atoms with Gasteiger partial charge in [-0.2, -0.15) is 0 Å². The molecule has 6 rings (SSSR count). The number of fused-ring (bicyclic) bond motifs is 2. The Balaban J connectivity index is 1.44. The van der Waals surface area contributed by atoms with Crippen LogP contribution in [-0.2, 0) is 24.0 Å². The van der Waals surface area contributed by atoms with E-state index in [-0.39, 0.29) is 18.5 Å². The summed E-state index contributed by atoms with van der Waals surface area (Å²) in [7, 11) is 0. The third-order valence-corrected chi connectivity index (χ3v) is 7.89. The molecule has 7 heteroatoms. The standard InChI is InChI=1S/C20H26O6S/c1-12-6-7-15-18(2,11-22-16(21)14-5-4-10-27-14)23-17-20(15)13(12)8-9-19(3,24-17)25-26-20/h4-5,10,12-13,15,17H,6-9,11H2,1-3H3/t12-,13+,15+,17-,18?,19+,20-/m1/s1. The maximum atomic E-state index is 12.4. The van der Waals surface area contributed by atoms with Crippen molar-refractivity contribution in [3.63, 3.8) is 0 Å². The van der Waals surface area contributed by atoms with Gasteiger partial charge >= 0.3 is 5.97 Å². The van der Waals surface area contributed by atoms with Crippen LogP contribution in [0, 0.1) is 17.8 Å². The number of esters is 1. The molecule has 1 saturated carbocycles. The summed E-state index contributed by atoms with van der Waals surface area (Å²) in [5.41, 5.74) is -1.29. The maximum Gasteiger partial charge on any atom is 0.348 e. The van der Waals surface area contributed by atoms with Crippen molar-refractivity contribution in [1.29, 1.82) is 0 Å². The normalized spacial score (nSPS) is 48.1. The first-order chi connectivity index (χ1) is 12.9. The minimum atomic E-state index is -0.781. The third kappa shape index (κ3) is 2.55. The summed E-state index contributed by atoms with van der Waals surface area (Å²) in [5, 5.41) is 1.87. The minimum Gasteiger partial charge on any atom is -0.458 e. The second kappa shape index (κ2) is 6.00. The van der Waals surface area contributed by atoms with Crippen molar-refractivity contribution in [3.8, 4) is 0 Å². The Morgan fingerprint density at radius 3 is 2.89 bits per heavy atom. The molecule has 1 spiro atoms. The summed E-state index contributed by atoms with van der Waals surface area (Å²) >= 11 is 1.38. The van der Waals surface area contributed by atoms with Gasteiger partial charge in [-0.1, -0.05) is 13.0 Å². The Bertz CT molecular complexity index is 737. The molecule has 2 bridgehead atoms. The zero-order valence-electron chi connectivity index (χ0n) is 15.9. The molecule has 0 amide bonds. The average molecular weight is 394 g/mol. The van der Waals surface area contributed by atoms with E-state index in [0.717, 1.165) is 25.7 Å². The van der Waals surface area contributed by atoms with Gasteiger partial charge in [-0.25, -0.2) is 14.6 Å². The van der Waals surface area contributed by atoms with Gasteiger partial charge in [0.2, 0.25) is 5.79 Å². The van der Waals surface area contributed by atoms with Crippen LogP contribution in [0.4, 0.5) is 0 Å². The lowest BCUT2D eigenvalue weighted by Gasteiger charge is -2.50. The van der Waals surface area contributed by atoms with Gasteiger partial charge < -0.3 is 14.2 Å². The molecule has 6 nitrogen and oxygen atoms in total. The first kappa shape index (κ1) is 18.1. The minimum absolute atomic E-state index is 0.0509. The summed E-state index contributed by atoms with van der Waals surface area (Å²) in [6.45, 7) is 6.38. The van der Waals surface area contributed by atoms with Crippen molar-refractivity contribution in [2.75, 3.05) is 6.61 Å². The molecule has 4 aliphatic heterocycles. The van der Waals surface area contributed by atoms with Gasteiger partial charge in [-0.3, -0.25) is 0 Å². The number of ether oxygens (including phenoxy) is 3. The molecular weight excluding hydrogens is 368 g/mol. The van der Waals surface area contributed by atoms with E-state index in [1.807, 2.05) is 25.3 Å².